The summed E-state index contributed by atoms with van der Waals surface area (Å²) in [5.74, 6) is 1.71. The molecule has 2 aromatic carbocycles. The summed E-state index contributed by atoms with van der Waals surface area (Å²) in [6.07, 6.45) is 0. The molecule has 3 N–H and O–H groups in total. The van der Waals surface area contributed by atoms with Gasteiger partial charge in [-0.25, -0.2) is 4.98 Å². The van der Waals surface area contributed by atoms with Gasteiger partial charge in [0.1, 0.15) is 28.8 Å². The van der Waals surface area contributed by atoms with Gasteiger partial charge in [0, 0.05) is 12.1 Å². The van der Waals surface area contributed by atoms with Crippen molar-refractivity contribution in [2.24, 2.45) is 0 Å². The fourth-order valence-electron chi connectivity index (χ4n) is 3.36. The second-order valence-electron chi connectivity index (χ2n) is 7.95. The molecule has 1 aliphatic heterocycles. The van der Waals surface area contributed by atoms with Gasteiger partial charge in [-0.3, -0.25) is 5.41 Å². The van der Waals surface area contributed by atoms with Crippen molar-refractivity contribution in [3.63, 3.8) is 0 Å². The van der Waals surface area contributed by atoms with Crippen molar-refractivity contribution in [2.75, 3.05) is 6.54 Å². The lowest BCUT2D eigenvalue weighted by molar-refractivity contribution is 0.128. The molecule has 0 fully saturated rings. The Bertz CT molecular complexity index is 1040. The number of rotatable bonds is 4. The van der Waals surface area contributed by atoms with E-state index >= 15 is 0 Å². The van der Waals surface area contributed by atoms with Crippen LogP contribution in [0.2, 0.25) is 0 Å². The van der Waals surface area contributed by atoms with Crippen LogP contribution in [0.1, 0.15) is 32.2 Å². The summed E-state index contributed by atoms with van der Waals surface area (Å²) in [7, 11) is 0. The molecule has 0 bridgehead atoms. The smallest absolute Gasteiger partial charge is 0.145 e. The number of H-pyrrole nitrogens is 1. The number of amidine groups is 1. The van der Waals surface area contributed by atoms with Crippen LogP contribution < -0.4 is 4.74 Å². The van der Waals surface area contributed by atoms with Crippen molar-refractivity contribution < 1.29 is 9.84 Å². The molecule has 0 unspecified atom stereocenters. The average molecular weight is 376 g/mol. The lowest BCUT2D eigenvalue weighted by Crippen LogP contribution is -2.28. The average Bonchev–Trinajstić information content (AvgIpc) is 3.16. The van der Waals surface area contributed by atoms with E-state index in [-0.39, 0.29) is 23.7 Å². The normalized spacial score (nSPS) is 15.0. The zero-order valence-electron chi connectivity index (χ0n) is 16.3. The van der Waals surface area contributed by atoms with Crippen LogP contribution in [0.4, 0.5) is 0 Å². The summed E-state index contributed by atoms with van der Waals surface area (Å²) in [5, 5.41) is 19.2. The number of aromatic nitrogens is 2. The molecule has 0 aliphatic carbocycles. The highest BCUT2D eigenvalue weighted by molar-refractivity contribution is 6.23. The molecule has 1 aromatic heterocycles. The van der Waals surface area contributed by atoms with E-state index in [9.17, 15) is 5.11 Å². The Labute approximate surface area is 164 Å². The molecule has 0 amide bonds. The first-order valence-electron chi connectivity index (χ1n) is 9.30. The maximum absolute atomic E-state index is 10.5. The number of nitrogens with zero attached hydrogens (tertiary/aromatic N) is 2. The zero-order chi connectivity index (χ0) is 19.9. The molecule has 6 heteroatoms. The lowest BCUT2D eigenvalue weighted by atomic mass is 10.1. The van der Waals surface area contributed by atoms with Crippen molar-refractivity contribution in [1.82, 2.24) is 14.9 Å². The first kappa shape index (κ1) is 18.1. The number of ether oxygens (including phenoxy) is 1. The second kappa shape index (κ2) is 6.71. The Kier molecular flexibility index (Phi) is 4.34. The highest BCUT2D eigenvalue weighted by Crippen LogP contribution is 2.30. The summed E-state index contributed by atoms with van der Waals surface area (Å²) < 4.78 is 6.06. The van der Waals surface area contributed by atoms with E-state index < -0.39 is 0 Å². The fourth-order valence-corrected chi connectivity index (χ4v) is 3.36. The van der Waals surface area contributed by atoms with Gasteiger partial charge >= 0.3 is 0 Å². The van der Waals surface area contributed by atoms with Crippen LogP contribution in [0.3, 0.4) is 0 Å². The minimum absolute atomic E-state index is 0.151. The van der Waals surface area contributed by atoms with Crippen molar-refractivity contribution >= 4 is 22.4 Å². The predicted molar refractivity (Wildman–Crippen MR) is 111 cm³/mol. The van der Waals surface area contributed by atoms with Crippen molar-refractivity contribution in [2.45, 2.75) is 32.9 Å². The molecule has 4 rings (SSSR count). The third-order valence-electron chi connectivity index (χ3n) is 4.56. The summed E-state index contributed by atoms with van der Waals surface area (Å²) in [4.78, 5) is 9.56. The topological polar surface area (TPSA) is 85.2 Å². The molecule has 3 aromatic rings. The number of nitrogens with one attached hydrogen (secondary N) is 2. The molecule has 6 nitrogen and oxygen atoms in total. The number of benzene rings is 2. The van der Waals surface area contributed by atoms with Crippen LogP contribution in [0.25, 0.3) is 16.6 Å². The monoisotopic (exact) mass is 376 g/mol. The Morgan fingerprint density at radius 3 is 2.61 bits per heavy atom. The van der Waals surface area contributed by atoms with E-state index in [1.54, 1.807) is 0 Å². The van der Waals surface area contributed by atoms with Crippen LogP contribution in [-0.4, -0.2) is 38.0 Å². The first-order valence-corrected chi connectivity index (χ1v) is 9.30. The molecule has 28 heavy (non-hydrogen) atoms. The molecule has 0 saturated carbocycles. The summed E-state index contributed by atoms with van der Waals surface area (Å²) in [6, 6.07) is 15.5. The molecule has 144 valence electrons. The number of aliphatic hydroxyl groups is 1. The number of hydrogen-bond donors (Lipinski definition) is 3. The number of aromatic amines is 1. The van der Waals surface area contributed by atoms with Gasteiger partial charge in [-0.05, 0) is 39.0 Å². The summed E-state index contributed by atoms with van der Waals surface area (Å²) >= 11 is 0. The number of imidazole rings is 1. The minimum Gasteiger partial charge on any atom is -0.510 e. The van der Waals surface area contributed by atoms with Crippen LogP contribution in [-0.2, 0) is 6.54 Å². The number of aliphatic hydroxyl groups excluding tert-OH is 1. The van der Waals surface area contributed by atoms with Gasteiger partial charge in [-0.1, -0.05) is 30.3 Å². The molecule has 1 aliphatic rings. The van der Waals surface area contributed by atoms with E-state index in [0.717, 1.165) is 22.3 Å². The van der Waals surface area contributed by atoms with E-state index in [0.29, 0.717) is 17.9 Å². The second-order valence-corrected chi connectivity index (χ2v) is 7.95. The van der Waals surface area contributed by atoms with Crippen LogP contribution in [0.5, 0.6) is 5.75 Å². The number of hydrogen-bond acceptors (Lipinski definition) is 4. The summed E-state index contributed by atoms with van der Waals surface area (Å²) in [6.45, 7) is 6.77. The Morgan fingerprint density at radius 1 is 1.14 bits per heavy atom. The Balaban J connectivity index is 1.59. The first-order chi connectivity index (χ1) is 13.3. The third kappa shape index (κ3) is 3.45. The largest absolute Gasteiger partial charge is 0.510 e. The van der Waals surface area contributed by atoms with Crippen LogP contribution >= 0.6 is 0 Å². The molecule has 0 spiro atoms. The van der Waals surface area contributed by atoms with E-state index in [2.05, 4.69) is 9.97 Å². The molecular formula is C22H24N4O2. The van der Waals surface area contributed by atoms with Crippen molar-refractivity contribution in [3.8, 4) is 5.75 Å². The van der Waals surface area contributed by atoms with E-state index in [1.807, 2.05) is 74.2 Å². The predicted octanol–water partition coefficient (Wildman–Crippen LogP) is 4.50. The standard InChI is InChI=1S/C22H24N4O2/c1-22(2,3)28-18-11-7-4-8-14(18)12-26-13-17(27)19(20(26)23)21-24-15-9-5-6-10-16(15)25-21/h4-11,23,27H,12-13H2,1-3H3,(H,24,25). The van der Waals surface area contributed by atoms with Crippen molar-refractivity contribution in [3.05, 3.63) is 65.7 Å². The lowest BCUT2D eigenvalue weighted by Gasteiger charge is -2.25. The highest BCUT2D eigenvalue weighted by Gasteiger charge is 2.31. The van der Waals surface area contributed by atoms with Gasteiger partial charge in [0.15, 0.2) is 0 Å². The van der Waals surface area contributed by atoms with Gasteiger partial charge < -0.3 is 19.7 Å². The maximum Gasteiger partial charge on any atom is 0.145 e. The molecule has 2 heterocycles. The molecule has 0 radical (unpaired) electrons. The Morgan fingerprint density at radius 2 is 1.86 bits per heavy atom. The van der Waals surface area contributed by atoms with Gasteiger partial charge in [0.2, 0.25) is 0 Å². The van der Waals surface area contributed by atoms with Gasteiger partial charge in [-0.2, -0.15) is 0 Å². The number of para-hydroxylation sites is 3. The van der Waals surface area contributed by atoms with Crippen LogP contribution in [0.15, 0.2) is 54.3 Å². The van der Waals surface area contributed by atoms with Crippen LogP contribution in [0, 0.1) is 5.41 Å². The molecule has 0 atom stereocenters. The quantitative estimate of drug-likeness (QED) is 0.626. The zero-order valence-corrected chi connectivity index (χ0v) is 16.3. The van der Waals surface area contributed by atoms with Gasteiger partial charge in [0.05, 0.1) is 23.2 Å². The van der Waals surface area contributed by atoms with E-state index in [4.69, 9.17) is 10.1 Å². The van der Waals surface area contributed by atoms with E-state index in [1.165, 1.54) is 0 Å². The minimum atomic E-state index is -0.311. The van der Waals surface area contributed by atoms with Gasteiger partial charge in [0.25, 0.3) is 0 Å². The Hall–Kier alpha value is -3.28. The number of fused-ring (bicyclic) bond motifs is 1. The molecular weight excluding hydrogens is 352 g/mol. The SMILES string of the molecule is CC(C)(C)Oc1ccccc1CN1CC(O)=C(c2nc3ccccc3[nH]2)C1=N. The maximum atomic E-state index is 10.5. The van der Waals surface area contributed by atoms with Crippen molar-refractivity contribution in [1.29, 1.82) is 5.41 Å². The molecule has 0 saturated heterocycles. The van der Waals surface area contributed by atoms with Gasteiger partial charge in [-0.15, -0.1) is 0 Å². The third-order valence-corrected chi connectivity index (χ3v) is 4.56. The highest BCUT2D eigenvalue weighted by atomic mass is 16.5. The fraction of sp³-hybridized carbons (Fsp3) is 0.273. The summed E-state index contributed by atoms with van der Waals surface area (Å²) in [5.41, 5.74) is 2.81.